The first-order chi connectivity index (χ1) is 8.70. The highest BCUT2D eigenvalue weighted by atomic mass is 35.5. The van der Waals surface area contributed by atoms with E-state index in [2.05, 4.69) is 12.0 Å². The summed E-state index contributed by atoms with van der Waals surface area (Å²) in [6.07, 6.45) is 5.88. The fourth-order valence-electron chi connectivity index (χ4n) is 1.71. The first-order valence-corrected chi connectivity index (χ1v) is 6.42. The monoisotopic (exact) mass is 262 g/mol. The lowest BCUT2D eigenvalue weighted by atomic mass is 10.1. The molecule has 0 amide bonds. The van der Waals surface area contributed by atoms with Crippen LogP contribution in [0.3, 0.4) is 0 Å². The third-order valence-corrected chi connectivity index (χ3v) is 2.97. The largest absolute Gasteiger partial charge is 0.294 e. The number of ketones is 1. The van der Waals surface area contributed by atoms with Crippen molar-refractivity contribution in [1.29, 1.82) is 0 Å². The molecule has 2 aromatic rings. The molecule has 0 radical (unpaired) electrons. The minimum absolute atomic E-state index is 0.144. The molecule has 0 fully saturated rings. The van der Waals surface area contributed by atoms with Crippen LogP contribution >= 0.6 is 11.6 Å². The highest BCUT2D eigenvalue weighted by Gasteiger charge is 2.08. The average molecular weight is 263 g/mol. The van der Waals surface area contributed by atoms with Crippen LogP contribution in [0.15, 0.2) is 36.7 Å². The van der Waals surface area contributed by atoms with Crippen molar-refractivity contribution >= 4 is 17.4 Å². The molecule has 18 heavy (non-hydrogen) atoms. The summed E-state index contributed by atoms with van der Waals surface area (Å²) in [6, 6.07) is 7.38. The Bertz CT molecular complexity index is 548. The van der Waals surface area contributed by atoms with Gasteiger partial charge in [-0.25, -0.2) is 4.68 Å². The van der Waals surface area contributed by atoms with Gasteiger partial charge < -0.3 is 0 Å². The van der Waals surface area contributed by atoms with Gasteiger partial charge in [0.25, 0.3) is 0 Å². The third-order valence-electron chi connectivity index (χ3n) is 2.73. The first kappa shape index (κ1) is 12.8. The zero-order chi connectivity index (χ0) is 13.0. The van der Waals surface area contributed by atoms with Gasteiger partial charge in [0.1, 0.15) is 0 Å². The van der Waals surface area contributed by atoms with E-state index in [-0.39, 0.29) is 5.78 Å². The molecule has 1 heterocycles. The summed E-state index contributed by atoms with van der Waals surface area (Å²) in [6.45, 7) is 2.07. The molecule has 94 valence electrons. The van der Waals surface area contributed by atoms with Gasteiger partial charge in [-0.15, -0.1) is 0 Å². The Balaban J connectivity index is 2.17. The Kier molecular flexibility index (Phi) is 4.15. The molecular weight excluding hydrogens is 248 g/mol. The molecule has 0 aliphatic heterocycles. The lowest BCUT2D eigenvalue weighted by Crippen LogP contribution is -1.97. The molecule has 4 heteroatoms. The Morgan fingerprint density at radius 3 is 3.00 bits per heavy atom. The van der Waals surface area contributed by atoms with E-state index in [9.17, 15) is 4.79 Å². The second kappa shape index (κ2) is 5.83. The van der Waals surface area contributed by atoms with E-state index in [1.165, 1.54) is 0 Å². The van der Waals surface area contributed by atoms with Gasteiger partial charge in [0.05, 0.1) is 17.4 Å². The summed E-state index contributed by atoms with van der Waals surface area (Å²) >= 11 is 5.92. The van der Waals surface area contributed by atoms with Gasteiger partial charge in [-0.05, 0) is 24.6 Å². The quantitative estimate of drug-likeness (QED) is 0.766. The number of hydrogen-bond donors (Lipinski definition) is 0. The molecule has 0 bridgehead atoms. The van der Waals surface area contributed by atoms with Crippen LogP contribution in [0.4, 0.5) is 0 Å². The lowest BCUT2D eigenvalue weighted by Gasteiger charge is -2.00. The molecule has 1 aromatic carbocycles. The molecule has 0 N–H and O–H groups in total. The average Bonchev–Trinajstić information content (AvgIpc) is 2.85. The van der Waals surface area contributed by atoms with Gasteiger partial charge in [-0.2, -0.15) is 5.10 Å². The van der Waals surface area contributed by atoms with Gasteiger partial charge >= 0.3 is 0 Å². The Hall–Kier alpha value is -1.61. The van der Waals surface area contributed by atoms with Crippen molar-refractivity contribution in [2.75, 3.05) is 0 Å². The Morgan fingerprint density at radius 1 is 1.44 bits per heavy atom. The summed E-state index contributed by atoms with van der Waals surface area (Å²) in [7, 11) is 0. The van der Waals surface area contributed by atoms with Crippen LogP contribution in [-0.4, -0.2) is 15.6 Å². The van der Waals surface area contributed by atoms with Crippen molar-refractivity contribution in [3.63, 3.8) is 0 Å². The number of benzene rings is 1. The molecule has 1 aromatic heterocycles. The van der Waals surface area contributed by atoms with E-state index in [0.717, 1.165) is 18.5 Å². The highest BCUT2D eigenvalue weighted by Crippen LogP contribution is 2.15. The number of rotatable bonds is 5. The Labute approximate surface area is 111 Å². The van der Waals surface area contributed by atoms with Crippen molar-refractivity contribution in [1.82, 2.24) is 9.78 Å². The van der Waals surface area contributed by atoms with Crippen molar-refractivity contribution in [2.45, 2.75) is 26.2 Å². The fraction of sp³-hybridized carbons (Fsp3) is 0.286. The molecule has 0 saturated heterocycles. The van der Waals surface area contributed by atoms with E-state index >= 15 is 0 Å². The second-order valence-electron chi connectivity index (χ2n) is 4.18. The zero-order valence-corrected chi connectivity index (χ0v) is 11.0. The number of Topliss-reactive ketones (excluding diaryl/α,β-unsaturated/α-hetero) is 1. The van der Waals surface area contributed by atoms with Crippen LogP contribution in [0.5, 0.6) is 0 Å². The van der Waals surface area contributed by atoms with Crippen LogP contribution in [0, 0.1) is 0 Å². The van der Waals surface area contributed by atoms with Crippen molar-refractivity contribution in [3.05, 3.63) is 47.2 Å². The van der Waals surface area contributed by atoms with Crippen molar-refractivity contribution in [3.8, 4) is 5.69 Å². The van der Waals surface area contributed by atoms with E-state index in [1.807, 2.05) is 24.3 Å². The van der Waals surface area contributed by atoms with Gasteiger partial charge in [-0.1, -0.05) is 31.0 Å². The van der Waals surface area contributed by atoms with Gasteiger partial charge in [-0.3, -0.25) is 4.79 Å². The molecule has 0 saturated carbocycles. The molecular formula is C14H15ClN2O. The standard InChI is InChI=1S/C14H15ClN2O/c1-2-3-7-14(18)11-9-16-17(10-11)13-6-4-5-12(15)8-13/h4-6,8-10H,2-3,7H2,1H3. The predicted octanol–water partition coefficient (Wildman–Crippen LogP) is 3.90. The van der Waals surface area contributed by atoms with Crippen LogP contribution in [0.1, 0.15) is 36.5 Å². The predicted molar refractivity (Wildman–Crippen MR) is 72.4 cm³/mol. The molecule has 3 nitrogen and oxygen atoms in total. The second-order valence-corrected chi connectivity index (χ2v) is 4.62. The number of aromatic nitrogens is 2. The number of carbonyl (C=O) groups excluding carboxylic acids is 1. The topological polar surface area (TPSA) is 34.9 Å². The number of halogens is 1. The summed E-state index contributed by atoms with van der Waals surface area (Å²) in [5.41, 5.74) is 1.51. The SMILES string of the molecule is CCCCC(=O)c1cnn(-c2cccc(Cl)c2)c1. The van der Waals surface area contributed by atoms with E-state index in [4.69, 9.17) is 11.6 Å². The third kappa shape index (κ3) is 2.99. The molecule has 0 atom stereocenters. The van der Waals surface area contributed by atoms with Gasteiger partial charge in [0, 0.05) is 17.6 Å². The lowest BCUT2D eigenvalue weighted by molar-refractivity contribution is 0.0980. The summed E-state index contributed by atoms with van der Waals surface area (Å²) in [5, 5.41) is 4.85. The van der Waals surface area contributed by atoms with E-state index < -0.39 is 0 Å². The molecule has 0 aliphatic rings. The highest BCUT2D eigenvalue weighted by molar-refractivity contribution is 6.30. The summed E-state index contributed by atoms with van der Waals surface area (Å²) in [4.78, 5) is 11.8. The smallest absolute Gasteiger partial charge is 0.166 e. The number of hydrogen-bond acceptors (Lipinski definition) is 2. The maximum atomic E-state index is 11.8. The molecule has 2 rings (SSSR count). The summed E-state index contributed by atoms with van der Waals surface area (Å²) in [5.74, 6) is 0.144. The number of carbonyl (C=O) groups is 1. The van der Waals surface area contributed by atoms with Crippen molar-refractivity contribution in [2.24, 2.45) is 0 Å². The summed E-state index contributed by atoms with van der Waals surface area (Å²) < 4.78 is 1.67. The normalized spacial score (nSPS) is 10.6. The van der Waals surface area contributed by atoms with Crippen LogP contribution in [0.25, 0.3) is 5.69 Å². The van der Waals surface area contributed by atoms with E-state index in [1.54, 1.807) is 17.1 Å². The minimum Gasteiger partial charge on any atom is -0.294 e. The molecule has 0 unspecified atom stereocenters. The van der Waals surface area contributed by atoms with Crippen LogP contribution in [-0.2, 0) is 0 Å². The maximum absolute atomic E-state index is 11.8. The number of nitrogens with zero attached hydrogens (tertiary/aromatic N) is 2. The van der Waals surface area contributed by atoms with Gasteiger partial charge in [0.2, 0.25) is 0 Å². The molecule has 0 aliphatic carbocycles. The fourth-order valence-corrected chi connectivity index (χ4v) is 1.89. The number of unbranched alkanes of at least 4 members (excludes halogenated alkanes) is 1. The van der Waals surface area contributed by atoms with Crippen LogP contribution < -0.4 is 0 Å². The van der Waals surface area contributed by atoms with Crippen molar-refractivity contribution < 1.29 is 4.79 Å². The maximum Gasteiger partial charge on any atom is 0.166 e. The zero-order valence-electron chi connectivity index (χ0n) is 10.3. The van der Waals surface area contributed by atoms with E-state index in [0.29, 0.717) is 17.0 Å². The minimum atomic E-state index is 0.144. The molecule has 0 spiro atoms. The first-order valence-electron chi connectivity index (χ1n) is 6.04. The van der Waals surface area contributed by atoms with Crippen LogP contribution in [0.2, 0.25) is 5.02 Å². The van der Waals surface area contributed by atoms with Gasteiger partial charge in [0.15, 0.2) is 5.78 Å². The Morgan fingerprint density at radius 2 is 2.28 bits per heavy atom.